The van der Waals surface area contributed by atoms with Gasteiger partial charge in [0.05, 0.1) is 12.2 Å². The zero-order valence-corrected chi connectivity index (χ0v) is 12.8. The predicted molar refractivity (Wildman–Crippen MR) is 81.2 cm³/mol. The van der Waals surface area contributed by atoms with E-state index in [1.165, 1.54) is 4.88 Å². The van der Waals surface area contributed by atoms with E-state index in [1.807, 2.05) is 16.3 Å². The van der Waals surface area contributed by atoms with Crippen LogP contribution in [0, 0.1) is 11.8 Å². The molecular weight excluding hydrogens is 288 g/mol. The van der Waals surface area contributed by atoms with E-state index in [9.17, 15) is 15.0 Å². The van der Waals surface area contributed by atoms with Gasteiger partial charge in [-0.3, -0.25) is 0 Å². The Morgan fingerprint density at radius 2 is 1.95 bits per heavy atom. The molecule has 6 heteroatoms. The van der Waals surface area contributed by atoms with E-state index in [4.69, 9.17) is 0 Å². The number of nitrogens with one attached hydrogen (secondary N) is 1. The molecule has 2 fully saturated rings. The summed E-state index contributed by atoms with van der Waals surface area (Å²) in [6.07, 6.45) is 0.804. The summed E-state index contributed by atoms with van der Waals surface area (Å²) in [6, 6.07) is 4.07. The van der Waals surface area contributed by atoms with Crippen LogP contribution in [-0.2, 0) is 6.42 Å². The quantitative estimate of drug-likeness (QED) is 0.782. The molecule has 5 nitrogen and oxygen atoms in total. The molecule has 1 saturated heterocycles. The van der Waals surface area contributed by atoms with E-state index in [0.717, 1.165) is 6.42 Å². The van der Waals surface area contributed by atoms with Crippen LogP contribution in [0.4, 0.5) is 4.79 Å². The molecule has 1 aromatic heterocycles. The summed E-state index contributed by atoms with van der Waals surface area (Å²) in [5.74, 6) is 0.651. The monoisotopic (exact) mass is 310 g/mol. The second-order valence-electron chi connectivity index (χ2n) is 6.09. The van der Waals surface area contributed by atoms with Crippen molar-refractivity contribution in [2.45, 2.75) is 31.5 Å². The molecule has 2 heterocycles. The fourth-order valence-corrected chi connectivity index (χ4v) is 4.14. The fourth-order valence-electron chi connectivity index (χ4n) is 3.43. The van der Waals surface area contributed by atoms with Gasteiger partial charge in [-0.15, -0.1) is 11.3 Å². The molecule has 3 rings (SSSR count). The van der Waals surface area contributed by atoms with Crippen molar-refractivity contribution in [2.75, 3.05) is 19.6 Å². The first-order valence-electron chi connectivity index (χ1n) is 7.55. The summed E-state index contributed by atoms with van der Waals surface area (Å²) in [5, 5.41) is 24.5. The Kier molecular flexibility index (Phi) is 4.47. The van der Waals surface area contributed by atoms with Crippen molar-refractivity contribution in [1.29, 1.82) is 0 Å². The summed E-state index contributed by atoms with van der Waals surface area (Å²) in [6.45, 7) is 2.04. The molecule has 1 aromatic rings. The van der Waals surface area contributed by atoms with Crippen LogP contribution in [0.1, 0.15) is 17.7 Å². The minimum Gasteiger partial charge on any atom is -0.390 e. The minimum absolute atomic E-state index is 0.0232. The van der Waals surface area contributed by atoms with Gasteiger partial charge in [-0.05, 0) is 42.5 Å². The van der Waals surface area contributed by atoms with Crippen LogP contribution in [0.3, 0.4) is 0 Å². The lowest BCUT2D eigenvalue weighted by Gasteiger charge is -2.31. The van der Waals surface area contributed by atoms with Crippen LogP contribution in [0.2, 0.25) is 0 Å². The molecule has 2 aliphatic rings. The molecular formula is C15H22N2O3S. The Labute approximate surface area is 128 Å². The van der Waals surface area contributed by atoms with Gasteiger partial charge >= 0.3 is 6.03 Å². The Morgan fingerprint density at radius 1 is 1.29 bits per heavy atom. The van der Waals surface area contributed by atoms with Gasteiger partial charge in [0.1, 0.15) is 0 Å². The number of nitrogens with zero attached hydrogens (tertiary/aromatic N) is 1. The number of carbonyl (C=O) groups is 1. The predicted octanol–water partition coefficient (Wildman–Crippen LogP) is 1.06. The molecule has 116 valence electrons. The maximum absolute atomic E-state index is 12.2. The number of aliphatic hydroxyl groups is 2. The molecule has 4 atom stereocenters. The van der Waals surface area contributed by atoms with Crippen LogP contribution in [-0.4, -0.2) is 53.0 Å². The topological polar surface area (TPSA) is 72.8 Å². The van der Waals surface area contributed by atoms with Crippen molar-refractivity contribution in [2.24, 2.45) is 11.8 Å². The Bertz CT molecular complexity index is 461. The molecule has 1 aliphatic heterocycles. The average molecular weight is 310 g/mol. The SMILES string of the molecule is O=C(NCCc1cccs1)N1C[C@H]2C[C@H](O)[C@@H](O)C[C@H]2C1. The zero-order valence-electron chi connectivity index (χ0n) is 11.9. The highest BCUT2D eigenvalue weighted by molar-refractivity contribution is 7.09. The first-order valence-corrected chi connectivity index (χ1v) is 8.42. The number of carbonyl (C=O) groups excluding carboxylic acids is 1. The van der Waals surface area contributed by atoms with E-state index < -0.39 is 12.2 Å². The van der Waals surface area contributed by atoms with Gasteiger partial charge in [-0.1, -0.05) is 6.07 Å². The van der Waals surface area contributed by atoms with Crippen molar-refractivity contribution in [1.82, 2.24) is 10.2 Å². The largest absolute Gasteiger partial charge is 0.390 e. The Morgan fingerprint density at radius 3 is 2.52 bits per heavy atom. The van der Waals surface area contributed by atoms with E-state index in [-0.39, 0.29) is 6.03 Å². The number of rotatable bonds is 3. The molecule has 2 amide bonds. The lowest BCUT2D eigenvalue weighted by molar-refractivity contribution is -0.0372. The van der Waals surface area contributed by atoms with Gasteiger partial charge in [-0.2, -0.15) is 0 Å². The summed E-state index contributed by atoms with van der Waals surface area (Å²) >= 11 is 1.70. The highest BCUT2D eigenvalue weighted by atomic mass is 32.1. The van der Waals surface area contributed by atoms with Crippen molar-refractivity contribution in [3.8, 4) is 0 Å². The lowest BCUT2D eigenvalue weighted by atomic mass is 9.79. The van der Waals surface area contributed by atoms with Crippen molar-refractivity contribution in [3.63, 3.8) is 0 Å². The van der Waals surface area contributed by atoms with Gasteiger partial charge in [0.2, 0.25) is 0 Å². The van der Waals surface area contributed by atoms with E-state index in [0.29, 0.717) is 44.3 Å². The van der Waals surface area contributed by atoms with Crippen LogP contribution < -0.4 is 5.32 Å². The van der Waals surface area contributed by atoms with Crippen molar-refractivity contribution in [3.05, 3.63) is 22.4 Å². The number of hydrogen-bond acceptors (Lipinski definition) is 4. The second-order valence-corrected chi connectivity index (χ2v) is 7.12. The first-order chi connectivity index (χ1) is 10.1. The maximum atomic E-state index is 12.2. The van der Waals surface area contributed by atoms with Gasteiger partial charge < -0.3 is 20.4 Å². The summed E-state index contributed by atoms with van der Waals surface area (Å²) < 4.78 is 0. The number of likely N-dealkylation sites (tertiary alicyclic amines) is 1. The van der Waals surface area contributed by atoms with E-state index in [1.54, 1.807) is 11.3 Å². The smallest absolute Gasteiger partial charge is 0.317 e. The standard InChI is InChI=1S/C15H22N2O3S/c18-13-6-10-8-17(9-11(10)7-14(13)19)15(20)16-4-3-12-2-1-5-21-12/h1-2,5,10-11,13-14,18-19H,3-4,6-9H2,(H,16,20)/t10-,11+,13-,14-/m0/s1. The number of urea groups is 1. The zero-order chi connectivity index (χ0) is 14.8. The Hall–Kier alpha value is -1.11. The molecule has 1 aliphatic carbocycles. The molecule has 0 bridgehead atoms. The molecule has 0 spiro atoms. The highest BCUT2D eigenvalue weighted by Crippen LogP contribution is 2.36. The van der Waals surface area contributed by atoms with Crippen LogP contribution in [0.25, 0.3) is 0 Å². The minimum atomic E-state index is -0.631. The summed E-state index contributed by atoms with van der Waals surface area (Å²) in [4.78, 5) is 15.3. The lowest BCUT2D eigenvalue weighted by Crippen LogP contribution is -2.39. The molecule has 0 unspecified atom stereocenters. The third kappa shape index (κ3) is 3.39. The Balaban J connectivity index is 1.46. The summed E-state index contributed by atoms with van der Waals surface area (Å²) in [7, 11) is 0. The number of fused-ring (bicyclic) bond motifs is 1. The van der Waals surface area contributed by atoms with Crippen molar-refractivity contribution < 1.29 is 15.0 Å². The molecule has 3 N–H and O–H groups in total. The van der Waals surface area contributed by atoms with Crippen molar-refractivity contribution >= 4 is 17.4 Å². The number of hydrogen-bond donors (Lipinski definition) is 3. The summed E-state index contributed by atoms with van der Waals surface area (Å²) in [5.41, 5.74) is 0. The fraction of sp³-hybridized carbons (Fsp3) is 0.667. The van der Waals surface area contributed by atoms with E-state index in [2.05, 4.69) is 11.4 Å². The van der Waals surface area contributed by atoms with E-state index >= 15 is 0 Å². The normalized spacial score (nSPS) is 32.0. The first kappa shape index (κ1) is 14.8. The molecule has 0 radical (unpaired) electrons. The highest BCUT2D eigenvalue weighted by Gasteiger charge is 2.42. The van der Waals surface area contributed by atoms with Crippen LogP contribution >= 0.6 is 11.3 Å². The van der Waals surface area contributed by atoms with Gasteiger partial charge in [0.25, 0.3) is 0 Å². The number of aliphatic hydroxyl groups excluding tert-OH is 2. The maximum Gasteiger partial charge on any atom is 0.317 e. The molecule has 21 heavy (non-hydrogen) atoms. The van der Waals surface area contributed by atoms with Crippen LogP contribution in [0.15, 0.2) is 17.5 Å². The van der Waals surface area contributed by atoms with Gasteiger partial charge in [0, 0.05) is 24.5 Å². The number of thiophene rings is 1. The van der Waals surface area contributed by atoms with Gasteiger partial charge in [-0.25, -0.2) is 4.79 Å². The third-order valence-electron chi connectivity index (χ3n) is 4.62. The average Bonchev–Trinajstić information content (AvgIpc) is 3.08. The molecule has 0 aromatic carbocycles. The molecule has 1 saturated carbocycles. The van der Waals surface area contributed by atoms with Gasteiger partial charge in [0.15, 0.2) is 0 Å². The van der Waals surface area contributed by atoms with Crippen LogP contribution in [0.5, 0.6) is 0 Å². The second kappa shape index (κ2) is 6.34. The number of amides is 2. The third-order valence-corrected chi connectivity index (χ3v) is 5.56.